The summed E-state index contributed by atoms with van der Waals surface area (Å²) >= 11 is 0. The van der Waals surface area contributed by atoms with Crippen molar-refractivity contribution >= 4 is 17.8 Å². The zero-order valence-electron chi connectivity index (χ0n) is 16.0. The topological polar surface area (TPSA) is 161 Å². The van der Waals surface area contributed by atoms with Gasteiger partial charge in [-0.05, 0) is 0 Å². The summed E-state index contributed by atoms with van der Waals surface area (Å²) in [7, 11) is 1.08. The lowest BCUT2D eigenvalue weighted by molar-refractivity contribution is -0.310. The van der Waals surface area contributed by atoms with Gasteiger partial charge in [-0.3, -0.25) is 9.59 Å². The summed E-state index contributed by atoms with van der Waals surface area (Å²) in [4.78, 5) is 35.6. The number of aliphatic hydroxyl groups excluding tert-OH is 3. The van der Waals surface area contributed by atoms with Crippen molar-refractivity contribution in [2.45, 2.75) is 56.5 Å². The van der Waals surface area contributed by atoms with Crippen LogP contribution in [0.15, 0.2) is 12.7 Å². The number of ether oxygens (including phenoxy) is 4. The van der Waals surface area contributed by atoms with Crippen LogP contribution in [0, 0.1) is 0 Å². The second kappa shape index (κ2) is 10.5. The van der Waals surface area contributed by atoms with E-state index in [0.717, 1.165) is 14.0 Å². The minimum atomic E-state index is -2.11. The third kappa shape index (κ3) is 5.72. The van der Waals surface area contributed by atoms with E-state index in [1.807, 2.05) is 0 Å². The SMILES string of the molecule is C=CCO[C@]1(C(=O)OC)C[C@H](OC(C)=O)[C@@H](NC(C)=O)[C@H]([C@H](O)[C@H](O)CO)O1. The number of methoxy groups -OCH3 is 1. The van der Waals surface area contributed by atoms with E-state index in [1.54, 1.807) is 0 Å². The van der Waals surface area contributed by atoms with Crippen molar-refractivity contribution in [1.82, 2.24) is 5.32 Å². The van der Waals surface area contributed by atoms with Crippen LogP contribution in [0.2, 0.25) is 0 Å². The first-order valence-corrected chi connectivity index (χ1v) is 8.54. The van der Waals surface area contributed by atoms with E-state index in [4.69, 9.17) is 24.1 Å². The highest BCUT2D eigenvalue weighted by atomic mass is 16.7. The van der Waals surface area contributed by atoms with E-state index >= 15 is 0 Å². The molecule has 1 rings (SSSR count). The molecule has 0 aromatic heterocycles. The highest BCUT2D eigenvalue weighted by molar-refractivity contribution is 5.78. The maximum Gasteiger partial charge on any atom is 0.366 e. The number of nitrogens with one attached hydrogen (secondary N) is 1. The van der Waals surface area contributed by atoms with Crippen LogP contribution in [0.25, 0.3) is 0 Å². The summed E-state index contributed by atoms with van der Waals surface area (Å²) < 4.78 is 21.1. The predicted octanol–water partition coefficient (Wildman–Crippen LogP) is -2.00. The highest BCUT2D eigenvalue weighted by Crippen LogP contribution is 2.35. The quantitative estimate of drug-likeness (QED) is 0.249. The van der Waals surface area contributed by atoms with Crippen LogP contribution in [0.5, 0.6) is 0 Å². The summed E-state index contributed by atoms with van der Waals surface area (Å²) in [6.45, 7) is 4.81. The third-order valence-electron chi connectivity index (χ3n) is 4.09. The van der Waals surface area contributed by atoms with Crippen LogP contribution in [0.3, 0.4) is 0 Å². The van der Waals surface area contributed by atoms with Crippen molar-refractivity contribution in [2.75, 3.05) is 20.3 Å². The van der Waals surface area contributed by atoms with Gasteiger partial charge in [-0.15, -0.1) is 6.58 Å². The molecule has 6 atom stereocenters. The van der Waals surface area contributed by atoms with Crippen LogP contribution in [-0.4, -0.2) is 89.7 Å². The van der Waals surface area contributed by atoms with Gasteiger partial charge in [-0.2, -0.15) is 0 Å². The first-order chi connectivity index (χ1) is 13.1. The highest BCUT2D eigenvalue weighted by Gasteiger charge is 2.57. The Kier molecular flexibility index (Phi) is 8.98. The Morgan fingerprint density at radius 3 is 2.46 bits per heavy atom. The van der Waals surface area contributed by atoms with E-state index in [2.05, 4.69) is 11.9 Å². The van der Waals surface area contributed by atoms with Gasteiger partial charge in [0.15, 0.2) is 0 Å². The minimum absolute atomic E-state index is 0.155. The number of carbonyl (C=O) groups is 3. The lowest BCUT2D eigenvalue weighted by atomic mass is 9.88. The Balaban J connectivity index is 3.43. The summed E-state index contributed by atoms with van der Waals surface area (Å²) in [5, 5.41) is 31.9. The summed E-state index contributed by atoms with van der Waals surface area (Å²) in [5.74, 6) is -4.36. The van der Waals surface area contributed by atoms with Gasteiger partial charge >= 0.3 is 11.9 Å². The molecule has 0 radical (unpaired) electrons. The fraction of sp³-hybridized carbons (Fsp3) is 0.706. The molecule has 1 fully saturated rings. The van der Waals surface area contributed by atoms with Crippen molar-refractivity contribution in [3.63, 3.8) is 0 Å². The predicted molar refractivity (Wildman–Crippen MR) is 92.6 cm³/mol. The standard InChI is InChI=1S/C17H27NO10/c1-5-6-26-17(16(24)25-4)7-12(27-10(3)21)13(18-9(2)20)15(28-17)14(23)11(22)8-19/h5,11-15,19,22-23H,1,6-8H2,2-4H3,(H,18,20)/t11-,12+,13-,14-,15-,17-/m1/s1. The van der Waals surface area contributed by atoms with Gasteiger partial charge in [0.05, 0.1) is 32.8 Å². The Morgan fingerprint density at radius 2 is 2.00 bits per heavy atom. The third-order valence-corrected chi connectivity index (χ3v) is 4.09. The van der Waals surface area contributed by atoms with Crippen LogP contribution in [0.4, 0.5) is 0 Å². The number of carbonyl (C=O) groups excluding carboxylic acids is 3. The Labute approximate surface area is 162 Å². The molecule has 11 nitrogen and oxygen atoms in total. The van der Waals surface area contributed by atoms with Crippen molar-refractivity contribution < 1.29 is 48.7 Å². The molecular formula is C17H27NO10. The monoisotopic (exact) mass is 405 g/mol. The molecule has 1 saturated heterocycles. The molecule has 0 aromatic carbocycles. The molecule has 0 saturated carbocycles. The average Bonchev–Trinajstić information content (AvgIpc) is 2.65. The maximum atomic E-state index is 12.4. The van der Waals surface area contributed by atoms with E-state index in [1.165, 1.54) is 13.0 Å². The molecular weight excluding hydrogens is 378 g/mol. The Hall–Kier alpha value is -2.05. The second-order valence-corrected chi connectivity index (χ2v) is 6.25. The van der Waals surface area contributed by atoms with E-state index in [-0.39, 0.29) is 13.0 Å². The van der Waals surface area contributed by atoms with Gasteiger partial charge in [-0.1, -0.05) is 6.08 Å². The molecule has 0 bridgehead atoms. The van der Waals surface area contributed by atoms with E-state index < -0.39 is 60.7 Å². The lowest BCUT2D eigenvalue weighted by Gasteiger charge is -2.47. The molecule has 1 heterocycles. The number of hydrogen-bond donors (Lipinski definition) is 4. The summed E-state index contributed by atoms with van der Waals surface area (Å²) in [6.07, 6.45) is -5.14. The molecule has 0 aromatic rings. The molecule has 1 amide bonds. The van der Waals surface area contributed by atoms with Crippen molar-refractivity contribution in [2.24, 2.45) is 0 Å². The Morgan fingerprint density at radius 1 is 1.36 bits per heavy atom. The number of rotatable bonds is 9. The number of hydrogen-bond acceptors (Lipinski definition) is 10. The van der Waals surface area contributed by atoms with Gasteiger partial charge in [0, 0.05) is 13.8 Å². The molecule has 11 heteroatoms. The molecule has 160 valence electrons. The fourth-order valence-corrected chi connectivity index (χ4v) is 2.92. The number of amides is 1. The van der Waals surface area contributed by atoms with Crippen LogP contribution < -0.4 is 5.32 Å². The first kappa shape index (κ1) is 24.0. The maximum absolute atomic E-state index is 12.4. The van der Waals surface area contributed by atoms with Gasteiger partial charge in [0.25, 0.3) is 5.79 Å². The lowest BCUT2D eigenvalue weighted by Crippen LogP contribution is -2.68. The van der Waals surface area contributed by atoms with Gasteiger partial charge in [0.2, 0.25) is 5.91 Å². The normalized spacial score (nSPS) is 29.3. The molecule has 0 unspecified atom stereocenters. The molecule has 1 aliphatic rings. The first-order valence-electron chi connectivity index (χ1n) is 8.54. The number of esters is 2. The smallest absolute Gasteiger partial charge is 0.366 e. The van der Waals surface area contributed by atoms with Crippen LogP contribution >= 0.6 is 0 Å². The van der Waals surface area contributed by atoms with Gasteiger partial charge in [0.1, 0.15) is 24.4 Å². The van der Waals surface area contributed by atoms with Crippen molar-refractivity contribution in [1.29, 1.82) is 0 Å². The van der Waals surface area contributed by atoms with Crippen molar-refractivity contribution in [3.05, 3.63) is 12.7 Å². The largest absolute Gasteiger partial charge is 0.465 e. The van der Waals surface area contributed by atoms with Crippen LogP contribution in [-0.2, 0) is 33.3 Å². The van der Waals surface area contributed by atoms with E-state index in [0.29, 0.717) is 0 Å². The zero-order valence-corrected chi connectivity index (χ0v) is 16.0. The Bertz CT molecular complexity index is 582. The minimum Gasteiger partial charge on any atom is -0.465 e. The van der Waals surface area contributed by atoms with Gasteiger partial charge < -0.3 is 39.6 Å². The number of aliphatic hydroxyl groups is 3. The molecule has 4 N–H and O–H groups in total. The average molecular weight is 405 g/mol. The zero-order chi connectivity index (χ0) is 21.5. The molecule has 0 aliphatic carbocycles. The molecule has 0 spiro atoms. The van der Waals surface area contributed by atoms with Crippen molar-refractivity contribution in [3.8, 4) is 0 Å². The molecule has 1 aliphatic heterocycles. The fourth-order valence-electron chi connectivity index (χ4n) is 2.92. The second-order valence-electron chi connectivity index (χ2n) is 6.25. The summed E-state index contributed by atoms with van der Waals surface area (Å²) in [6, 6.07) is -1.15. The van der Waals surface area contributed by atoms with E-state index in [9.17, 15) is 24.6 Å². The summed E-state index contributed by atoms with van der Waals surface area (Å²) in [5.41, 5.74) is 0. The van der Waals surface area contributed by atoms with Crippen LogP contribution in [0.1, 0.15) is 20.3 Å². The molecule has 28 heavy (non-hydrogen) atoms. The van der Waals surface area contributed by atoms with Gasteiger partial charge in [-0.25, -0.2) is 4.79 Å².